The van der Waals surface area contributed by atoms with E-state index in [1.165, 1.54) is 27.8 Å². The van der Waals surface area contributed by atoms with Crippen molar-refractivity contribution < 1.29 is 14.3 Å². The van der Waals surface area contributed by atoms with Crippen LogP contribution in [0.15, 0.2) is 45.8 Å². The lowest BCUT2D eigenvalue weighted by Crippen LogP contribution is -2.22. The van der Waals surface area contributed by atoms with Crippen LogP contribution >= 0.6 is 39.9 Å². The largest absolute Gasteiger partial charge is 0.490 e. The van der Waals surface area contributed by atoms with Crippen molar-refractivity contribution in [2.75, 3.05) is 20.3 Å². The maximum atomic E-state index is 12.3. The minimum absolute atomic E-state index is 0.0968. The lowest BCUT2D eigenvalue weighted by atomic mass is 10.1. The second-order valence-electron chi connectivity index (χ2n) is 6.63. The SMILES string of the molecule is CCc1cc(C)cc(OCCOc2ccc(Br)cc2/C=C2\SC(=S)N(C)C2=O)c1. The van der Waals surface area contributed by atoms with Gasteiger partial charge in [-0.15, -0.1) is 0 Å². The van der Waals surface area contributed by atoms with Crippen molar-refractivity contribution in [1.82, 2.24) is 4.90 Å². The van der Waals surface area contributed by atoms with Crippen LogP contribution in [0.4, 0.5) is 0 Å². The number of benzene rings is 2. The van der Waals surface area contributed by atoms with Gasteiger partial charge in [0, 0.05) is 17.1 Å². The number of ether oxygens (including phenoxy) is 2. The van der Waals surface area contributed by atoms with Gasteiger partial charge >= 0.3 is 0 Å². The van der Waals surface area contributed by atoms with E-state index in [0.717, 1.165) is 22.2 Å². The van der Waals surface area contributed by atoms with Crippen LogP contribution in [-0.4, -0.2) is 35.4 Å². The summed E-state index contributed by atoms with van der Waals surface area (Å²) in [5.74, 6) is 1.45. The van der Waals surface area contributed by atoms with E-state index in [1.54, 1.807) is 7.05 Å². The van der Waals surface area contributed by atoms with E-state index in [9.17, 15) is 4.79 Å². The van der Waals surface area contributed by atoms with Crippen LogP contribution in [0, 0.1) is 6.92 Å². The van der Waals surface area contributed by atoms with Crippen LogP contribution in [0.3, 0.4) is 0 Å². The lowest BCUT2D eigenvalue weighted by Gasteiger charge is -2.12. The van der Waals surface area contributed by atoms with E-state index in [1.807, 2.05) is 30.3 Å². The fourth-order valence-corrected chi connectivity index (χ4v) is 4.42. The molecule has 0 saturated carbocycles. The zero-order valence-corrected chi connectivity index (χ0v) is 19.7. The molecule has 0 aliphatic carbocycles. The van der Waals surface area contributed by atoms with E-state index < -0.39 is 0 Å². The quantitative estimate of drug-likeness (QED) is 0.286. The molecule has 0 aromatic heterocycles. The van der Waals surface area contributed by atoms with Crippen molar-refractivity contribution >= 4 is 56.2 Å². The number of carbonyl (C=O) groups is 1. The fourth-order valence-electron chi connectivity index (χ4n) is 2.87. The van der Waals surface area contributed by atoms with Crippen LogP contribution in [-0.2, 0) is 11.2 Å². The Morgan fingerprint density at radius 1 is 1.17 bits per heavy atom. The Balaban J connectivity index is 1.67. The summed E-state index contributed by atoms with van der Waals surface area (Å²) in [6.45, 7) is 5.02. The summed E-state index contributed by atoms with van der Waals surface area (Å²) in [6.07, 6.45) is 2.79. The first-order chi connectivity index (χ1) is 13.9. The van der Waals surface area contributed by atoms with Crippen molar-refractivity contribution in [3.05, 3.63) is 62.5 Å². The van der Waals surface area contributed by atoms with E-state index in [4.69, 9.17) is 21.7 Å². The Labute approximate surface area is 189 Å². The third-order valence-electron chi connectivity index (χ3n) is 4.37. The van der Waals surface area contributed by atoms with Gasteiger partial charge in [-0.25, -0.2) is 0 Å². The van der Waals surface area contributed by atoms with E-state index in [-0.39, 0.29) is 5.91 Å². The second kappa shape index (κ2) is 9.78. The van der Waals surface area contributed by atoms with Crippen LogP contribution in [0.25, 0.3) is 6.08 Å². The molecule has 0 N–H and O–H groups in total. The Hall–Kier alpha value is -1.83. The molecule has 7 heteroatoms. The van der Waals surface area contributed by atoms with Crippen molar-refractivity contribution in [1.29, 1.82) is 0 Å². The summed E-state index contributed by atoms with van der Waals surface area (Å²) in [4.78, 5) is 14.4. The number of amides is 1. The maximum Gasteiger partial charge on any atom is 0.265 e. The Morgan fingerprint density at radius 3 is 2.62 bits per heavy atom. The highest BCUT2D eigenvalue weighted by Gasteiger charge is 2.29. The number of nitrogens with zero attached hydrogens (tertiary/aromatic N) is 1. The summed E-state index contributed by atoms with van der Waals surface area (Å²) in [7, 11) is 1.68. The lowest BCUT2D eigenvalue weighted by molar-refractivity contribution is -0.121. The Kier molecular flexibility index (Phi) is 7.38. The average Bonchev–Trinajstić information content (AvgIpc) is 2.93. The zero-order valence-electron chi connectivity index (χ0n) is 16.5. The van der Waals surface area contributed by atoms with Gasteiger partial charge in [-0.05, 0) is 60.9 Å². The zero-order chi connectivity index (χ0) is 21.0. The highest BCUT2D eigenvalue weighted by molar-refractivity contribution is 9.10. The predicted octanol–water partition coefficient (Wildman–Crippen LogP) is 5.61. The molecule has 0 atom stereocenters. The summed E-state index contributed by atoms with van der Waals surface area (Å²) in [6, 6.07) is 12.0. The Morgan fingerprint density at radius 2 is 1.93 bits per heavy atom. The first kappa shape index (κ1) is 21.9. The van der Waals surface area contributed by atoms with Crippen molar-refractivity contribution in [2.24, 2.45) is 0 Å². The molecule has 0 unspecified atom stereocenters. The van der Waals surface area contributed by atoms with Gasteiger partial charge in [0.1, 0.15) is 29.0 Å². The van der Waals surface area contributed by atoms with Crippen LogP contribution < -0.4 is 9.47 Å². The van der Waals surface area contributed by atoms with Gasteiger partial charge in [0.05, 0.1) is 4.91 Å². The number of hydrogen-bond donors (Lipinski definition) is 0. The molecule has 1 heterocycles. The van der Waals surface area contributed by atoms with Gasteiger partial charge in [0.15, 0.2) is 0 Å². The van der Waals surface area contributed by atoms with Gasteiger partial charge in [0.25, 0.3) is 5.91 Å². The van der Waals surface area contributed by atoms with E-state index in [0.29, 0.717) is 28.2 Å². The van der Waals surface area contributed by atoms with Gasteiger partial charge in [-0.2, -0.15) is 0 Å². The molecule has 0 bridgehead atoms. The van der Waals surface area contributed by atoms with Gasteiger partial charge in [-0.1, -0.05) is 52.9 Å². The summed E-state index contributed by atoms with van der Waals surface area (Å²) in [5.41, 5.74) is 3.25. The maximum absolute atomic E-state index is 12.3. The molecule has 29 heavy (non-hydrogen) atoms. The minimum atomic E-state index is -0.0968. The summed E-state index contributed by atoms with van der Waals surface area (Å²) < 4.78 is 13.3. The van der Waals surface area contributed by atoms with Crippen LogP contribution in [0.1, 0.15) is 23.6 Å². The normalized spacial score (nSPS) is 15.3. The molecular formula is C22H22BrNO3S2. The number of aryl methyl sites for hydroxylation is 2. The molecule has 2 aromatic rings. The van der Waals surface area contributed by atoms with Crippen molar-refractivity contribution in [3.63, 3.8) is 0 Å². The average molecular weight is 492 g/mol. The third-order valence-corrected chi connectivity index (χ3v) is 6.35. The molecule has 3 rings (SSSR count). The smallest absolute Gasteiger partial charge is 0.265 e. The molecule has 4 nitrogen and oxygen atoms in total. The highest BCUT2D eigenvalue weighted by Crippen LogP contribution is 2.34. The number of halogens is 1. The summed E-state index contributed by atoms with van der Waals surface area (Å²) >= 11 is 9.97. The van der Waals surface area contributed by atoms with Crippen LogP contribution in [0.2, 0.25) is 0 Å². The van der Waals surface area contributed by atoms with Gasteiger partial charge in [-0.3, -0.25) is 9.69 Å². The molecule has 0 spiro atoms. The number of thiocarbonyl (C=S) groups is 1. The highest BCUT2D eigenvalue weighted by atomic mass is 79.9. The molecule has 2 aromatic carbocycles. The standard InChI is InChI=1S/C22H22BrNO3S2/c1-4-15-9-14(2)10-18(11-15)26-7-8-27-19-6-5-17(23)12-16(19)13-20-21(25)24(3)22(28)29-20/h5-6,9-13H,4,7-8H2,1-3H3/b20-13-. The number of hydrogen-bond acceptors (Lipinski definition) is 5. The molecule has 0 radical (unpaired) electrons. The van der Waals surface area contributed by atoms with Crippen molar-refractivity contribution in [2.45, 2.75) is 20.3 Å². The van der Waals surface area contributed by atoms with Gasteiger partial charge in [0.2, 0.25) is 0 Å². The first-order valence-electron chi connectivity index (χ1n) is 9.24. The number of rotatable bonds is 7. The molecule has 1 amide bonds. The molecule has 1 fully saturated rings. The molecule has 1 aliphatic heterocycles. The minimum Gasteiger partial charge on any atom is -0.490 e. The predicted molar refractivity (Wildman–Crippen MR) is 127 cm³/mol. The van der Waals surface area contributed by atoms with Gasteiger partial charge < -0.3 is 9.47 Å². The number of carbonyl (C=O) groups excluding carboxylic acids is 1. The first-order valence-corrected chi connectivity index (χ1v) is 11.3. The molecule has 1 aliphatic rings. The van der Waals surface area contributed by atoms with E-state index >= 15 is 0 Å². The van der Waals surface area contributed by atoms with Crippen molar-refractivity contribution in [3.8, 4) is 11.5 Å². The fraction of sp³-hybridized carbons (Fsp3) is 0.273. The summed E-state index contributed by atoms with van der Waals surface area (Å²) in [5, 5.41) is 0. The monoisotopic (exact) mass is 491 g/mol. The number of thioether (sulfide) groups is 1. The second-order valence-corrected chi connectivity index (χ2v) is 9.22. The molecule has 152 valence electrons. The number of likely N-dealkylation sites (N-methyl/N-ethyl adjacent to an activating group) is 1. The molecular weight excluding hydrogens is 470 g/mol. The third kappa shape index (κ3) is 5.62. The van der Waals surface area contributed by atoms with E-state index in [2.05, 4.69) is 41.9 Å². The Bertz CT molecular complexity index is 975. The molecule has 1 saturated heterocycles. The van der Waals surface area contributed by atoms with Crippen LogP contribution in [0.5, 0.6) is 11.5 Å². The topological polar surface area (TPSA) is 38.8 Å².